The molecule has 2 heterocycles. The molecule has 0 fully saturated rings. The third kappa shape index (κ3) is 3.16. The molecule has 0 aliphatic rings. The zero-order valence-electron chi connectivity index (χ0n) is 13.9. The third-order valence-electron chi connectivity index (χ3n) is 3.75. The highest BCUT2D eigenvalue weighted by Gasteiger charge is 2.17. The number of nitrogens with zero attached hydrogens (tertiary/aromatic N) is 4. The van der Waals surface area contributed by atoms with Crippen LogP contribution < -0.4 is 11.1 Å². The van der Waals surface area contributed by atoms with Crippen molar-refractivity contribution < 1.29 is 14.3 Å². The quantitative estimate of drug-likeness (QED) is 0.749. The summed E-state index contributed by atoms with van der Waals surface area (Å²) in [7, 11) is 0. The summed E-state index contributed by atoms with van der Waals surface area (Å²) in [4.78, 5) is 24.1. The Hall–Kier alpha value is -3.36. The number of ether oxygens (including phenoxy) is 1. The number of carbonyl (C=O) groups excluding carboxylic acids is 2. The van der Waals surface area contributed by atoms with E-state index in [0.29, 0.717) is 11.4 Å². The fraction of sp³-hybridized carbons (Fsp3) is 0.250. The largest absolute Gasteiger partial charge is 0.450 e. The van der Waals surface area contributed by atoms with Crippen LogP contribution in [0.25, 0.3) is 10.9 Å². The van der Waals surface area contributed by atoms with Crippen LogP contribution in [0.3, 0.4) is 0 Å². The molecule has 130 valence electrons. The van der Waals surface area contributed by atoms with Gasteiger partial charge in [-0.05, 0) is 19.9 Å². The molecule has 9 heteroatoms. The Morgan fingerprint density at radius 2 is 2.08 bits per heavy atom. The number of aromatic nitrogens is 4. The number of amides is 1. The van der Waals surface area contributed by atoms with Crippen molar-refractivity contribution >= 4 is 34.4 Å². The highest BCUT2D eigenvalue weighted by molar-refractivity contribution is 6.01. The number of para-hydroxylation sites is 1. The molecule has 0 unspecified atom stereocenters. The summed E-state index contributed by atoms with van der Waals surface area (Å²) >= 11 is 0. The van der Waals surface area contributed by atoms with Gasteiger partial charge in [0.15, 0.2) is 5.82 Å². The van der Waals surface area contributed by atoms with E-state index in [1.54, 1.807) is 18.4 Å². The summed E-state index contributed by atoms with van der Waals surface area (Å²) in [5.41, 5.74) is 8.08. The van der Waals surface area contributed by atoms with Crippen LogP contribution in [0, 0.1) is 6.92 Å². The number of anilines is 2. The van der Waals surface area contributed by atoms with Gasteiger partial charge in [0.05, 0.1) is 24.0 Å². The van der Waals surface area contributed by atoms with Crippen LogP contribution in [-0.2, 0) is 11.3 Å². The van der Waals surface area contributed by atoms with Crippen LogP contribution in [0.15, 0.2) is 30.5 Å². The molecule has 1 aromatic carbocycles. The van der Waals surface area contributed by atoms with E-state index in [0.717, 1.165) is 10.9 Å². The highest BCUT2D eigenvalue weighted by atomic mass is 16.5. The summed E-state index contributed by atoms with van der Waals surface area (Å²) in [6.45, 7) is 3.70. The van der Waals surface area contributed by atoms with Crippen molar-refractivity contribution in [3.63, 3.8) is 0 Å². The zero-order valence-corrected chi connectivity index (χ0v) is 13.9. The molecule has 1 amide bonds. The van der Waals surface area contributed by atoms with Crippen LogP contribution in [-0.4, -0.2) is 38.2 Å². The van der Waals surface area contributed by atoms with E-state index in [1.807, 2.05) is 24.3 Å². The average Bonchev–Trinajstić information content (AvgIpc) is 3.11. The van der Waals surface area contributed by atoms with Crippen LogP contribution in [0.5, 0.6) is 0 Å². The van der Waals surface area contributed by atoms with Crippen molar-refractivity contribution in [1.82, 2.24) is 19.6 Å². The molecule has 9 nitrogen and oxygen atoms in total. The Morgan fingerprint density at radius 1 is 1.32 bits per heavy atom. The Kier molecular flexibility index (Phi) is 4.38. The summed E-state index contributed by atoms with van der Waals surface area (Å²) in [5.74, 6) is -0.00200. The van der Waals surface area contributed by atoms with Gasteiger partial charge in [-0.2, -0.15) is 0 Å². The number of nitrogen functional groups attached to an aromatic ring is 1. The first-order valence-corrected chi connectivity index (χ1v) is 7.74. The lowest BCUT2D eigenvalue weighted by Crippen LogP contribution is -2.19. The summed E-state index contributed by atoms with van der Waals surface area (Å²) in [5, 5.41) is 10.9. The average molecular weight is 342 g/mol. The summed E-state index contributed by atoms with van der Waals surface area (Å²) < 4.78 is 7.66. The van der Waals surface area contributed by atoms with Crippen LogP contribution in [0.2, 0.25) is 0 Å². The first kappa shape index (κ1) is 16.5. The highest BCUT2D eigenvalue weighted by Crippen LogP contribution is 2.27. The lowest BCUT2D eigenvalue weighted by Gasteiger charge is -2.06. The minimum Gasteiger partial charge on any atom is -0.450 e. The van der Waals surface area contributed by atoms with Crippen LogP contribution >= 0.6 is 0 Å². The second-order valence-electron chi connectivity index (χ2n) is 5.39. The monoisotopic (exact) mass is 342 g/mol. The first-order valence-electron chi connectivity index (χ1n) is 7.74. The smallest absolute Gasteiger partial charge is 0.412 e. The van der Waals surface area contributed by atoms with Gasteiger partial charge in [-0.15, -0.1) is 5.10 Å². The molecule has 3 rings (SSSR count). The Morgan fingerprint density at radius 3 is 2.84 bits per heavy atom. The Bertz CT molecular complexity index is 943. The van der Waals surface area contributed by atoms with E-state index in [9.17, 15) is 9.59 Å². The molecule has 0 radical (unpaired) electrons. The van der Waals surface area contributed by atoms with Gasteiger partial charge < -0.3 is 10.5 Å². The number of carbonyl (C=O) groups is 2. The molecule has 0 saturated carbocycles. The molecule has 2 aromatic heterocycles. The minimum atomic E-state index is -0.624. The molecule has 3 aromatic rings. The second kappa shape index (κ2) is 6.63. The lowest BCUT2D eigenvalue weighted by molar-refractivity contribution is 0.0889. The van der Waals surface area contributed by atoms with E-state index in [-0.39, 0.29) is 24.9 Å². The number of nitrogens with two attached hydrogens (primary N) is 1. The Labute approximate surface area is 143 Å². The van der Waals surface area contributed by atoms with E-state index in [2.05, 4.69) is 15.6 Å². The van der Waals surface area contributed by atoms with Crippen molar-refractivity contribution in [2.75, 3.05) is 17.7 Å². The number of benzene rings is 1. The van der Waals surface area contributed by atoms with Crippen molar-refractivity contribution in [2.45, 2.75) is 20.4 Å². The van der Waals surface area contributed by atoms with Gasteiger partial charge in [0.1, 0.15) is 6.54 Å². The second-order valence-corrected chi connectivity index (χ2v) is 5.39. The molecular weight excluding hydrogens is 324 g/mol. The fourth-order valence-electron chi connectivity index (χ4n) is 2.63. The predicted molar refractivity (Wildman–Crippen MR) is 92.4 cm³/mol. The number of hydrogen-bond acceptors (Lipinski definition) is 6. The van der Waals surface area contributed by atoms with Crippen LogP contribution in [0.4, 0.5) is 16.3 Å². The van der Waals surface area contributed by atoms with Crippen LogP contribution in [0.1, 0.15) is 17.4 Å². The van der Waals surface area contributed by atoms with Gasteiger partial charge in [0, 0.05) is 11.1 Å². The van der Waals surface area contributed by atoms with Gasteiger partial charge in [-0.25, -0.2) is 9.48 Å². The van der Waals surface area contributed by atoms with Gasteiger partial charge in [0.25, 0.3) is 5.91 Å². The number of fused-ring (bicyclic) bond motifs is 1. The maximum absolute atomic E-state index is 12.7. The molecule has 0 saturated heterocycles. The number of rotatable bonds is 4. The summed E-state index contributed by atoms with van der Waals surface area (Å²) in [6, 6.07) is 7.43. The van der Waals surface area contributed by atoms with Crippen molar-refractivity contribution in [3.8, 4) is 0 Å². The van der Waals surface area contributed by atoms with Gasteiger partial charge in [-0.1, -0.05) is 23.4 Å². The van der Waals surface area contributed by atoms with Crippen molar-refractivity contribution in [1.29, 1.82) is 0 Å². The van der Waals surface area contributed by atoms with Crippen molar-refractivity contribution in [3.05, 3.63) is 36.2 Å². The Balaban J connectivity index is 1.81. The van der Waals surface area contributed by atoms with Crippen molar-refractivity contribution in [2.24, 2.45) is 0 Å². The molecule has 0 atom stereocenters. The molecule has 0 aliphatic carbocycles. The normalized spacial score (nSPS) is 10.8. The number of hydrogen-bond donors (Lipinski definition) is 2. The van der Waals surface area contributed by atoms with Gasteiger partial charge >= 0.3 is 6.09 Å². The zero-order chi connectivity index (χ0) is 18.0. The fourth-order valence-corrected chi connectivity index (χ4v) is 2.63. The van der Waals surface area contributed by atoms with E-state index >= 15 is 0 Å². The van der Waals surface area contributed by atoms with Gasteiger partial charge in [-0.3, -0.25) is 14.7 Å². The maximum atomic E-state index is 12.7. The molecule has 0 spiro atoms. The lowest BCUT2D eigenvalue weighted by atomic mass is 10.2. The van der Waals surface area contributed by atoms with E-state index < -0.39 is 6.09 Å². The number of nitrogens with one attached hydrogen (secondary N) is 1. The van der Waals surface area contributed by atoms with Gasteiger partial charge in [0.2, 0.25) is 0 Å². The van der Waals surface area contributed by atoms with E-state index in [4.69, 9.17) is 10.5 Å². The first-order chi connectivity index (χ1) is 12.0. The topological polar surface area (TPSA) is 117 Å². The summed E-state index contributed by atoms with van der Waals surface area (Å²) in [6.07, 6.45) is 0.833. The molecule has 0 bridgehead atoms. The predicted octanol–water partition coefficient (Wildman–Crippen LogP) is 2.03. The maximum Gasteiger partial charge on any atom is 0.412 e. The third-order valence-corrected chi connectivity index (χ3v) is 3.75. The SMILES string of the molecule is CCOC(=O)Nc1cn(CC(=O)n2c(C)c(N)c3ccccc32)nn1. The van der Waals surface area contributed by atoms with E-state index in [1.165, 1.54) is 10.9 Å². The standard InChI is InChI=1S/C16H18N6O3/c1-3-25-16(24)18-13-8-21(20-19-13)9-14(23)22-10(2)15(17)11-6-4-5-7-12(11)22/h4-8H,3,9,17H2,1-2H3,(H,18,24). The molecule has 25 heavy (non-hydrogen) atoms. The minimum absolute atomic E-state index is 0.0452. The molecule has 0 aliphatic heterocycles. The molecular formula is C16H18N6O3. The molecule has 3 N–H and O–H groups in total.